The fourth-order valence-electron chi connectivity index (χ4n) is 3.55. The zero-order valence-electron chi connectivity index (χ0n) is 12.6. The Morgan fingerprint density at radius 3 is 2.76 bits per heavy atom. The molecule has 2 N–H and O–H groups in total. The Kier molecular flexibility index (Phi) is 3.97. The highest BCUT2D eigenvalue weighted by Gasteiger charge is 2.33. The second kappa shape index (κ2) is 5.61. The number of fused-ring (bicyclic) bond motifs is 1. The van der Waals surface area contributed by atoms with Gasteiger partial charge in [0.15, 0.2) is 0 Å². The third-order valence-corrected chi connectivity index (χ3v) is 6.55. The molecule has 1 saturated carbocycles. The molecule has 5 heteroatoms. The predicted molar refractivity (Wildman–Crippen MR) is 85.0 cm³/mol. The van der Waals surface area contributed by atoms with Gasteiger partial charge in [0.1, 0.15) is 0 Å². The second-order valence-electron chi connectivity index (χ2n) is 6.38. The van der Waals surface area contributed by atoms with E-state index in [9.17, 15) is 8.42 Å². The Morgan fingerprint density at radius 2 is 2.05 bits per heavy atom. The van der Waals surface area contributed by atoms with Crippen molar-refractivity contribution in [3.8, 4) is 0 Å². The fraction of sp³-hybridized carbons (Fsp3) is 0.625. The molecule has 0 atom stereocenters. The van der Waals surface area contributed by atoms with Crippen LogP contribution in [0, 0.1) is 5.41 Å². The molecule has 2 aliphatic rings. The van der Waals surface area contributed by atoms with E-state index in [1.54, 1.807) is 12.1 Å². The maximum absolute atomic E-state index is 12.5. The van der Waals surface area contributed by atoms with Gasteiger partial charge in [0, 0.05) is 18.8 Å². The van der Waals surface area contributed by atoms with Crippen LogP contribution in [0.4, 0.5) is 5.69 Å². The average molecular weight is 308 g/mol. The molecule has 1 aliphatic carbocycles. The van der Waals surface area contributed by atoms with Crippen molar-refractivity contribution in [1.82, 2.24) is 4.72 Å². The number of hydrogen-bond acceptors (Lipinski definition) is 3. The summed E-state index contributed by atoms with van der Waals surface area (Å²) < 4.78 is 27.9. The quantitative estimate of drug-likeness (QED) is 0.879. The molecule has 0 bridgehead atoms. The molecule has 1 fully saturated rings. The van der Waals surface area contributed by atoms with Gasteiger partial charge in [0.05, 0.1) is 4.90 Å². The van der Waals surface area contributed by atoms with Crippen LogP contribution in [0.1, 0.15) is 44.6 Å². The monoisotopic (exact) mass is 308 g/mol. The van der Waals surface area contributed by atoms with Gasteiger partial charge in [-0.15, -0.1) is 0 Å². The van der Waals surface area contributed by atoms with Crippen LogP contribution >= 0.6 is 0 Å². The maximum atomic E-state index is 12.5. The number of anilines is 1. The molecule has 4 nitrogen and oxygen atoms in total. The smallest absolute Gasteiger partial charge is 0.240 e. The largest absolute Gasteiger partial charge is 0.384 e. The van der Waals surface area contributed by atoms with Gasteiger partial charge in [-0.05, 0) is 48.8 Å². The van der Waals surface area contributed by atoms with Gasteiger partial charge in [-0.25, -0.2) is 13.1 Å². The van der Waals surface area contributed by atoms with Crippen molar-refractivity contribution < 1.29 is 8.42 Å². The maximum Gasteiger partial charge on any atom is 0.240 e. The highest BCUT2D eigenvalue weighted by molar-refractivity contribution is 7.89. The lowest BCUT2D eigenvalue weighted by atomic mass is 9.84. The lowest BCUT2D eigenvalue weighted by molar-refractivity contribution is 0.285. The standard InChI is InChI=1S/C16H24N2O2S/c1-2-16(8-3-4-9-16)12-18-21(19,20)14-6-5-13-7-10-17-15(13)11-14/h5-6,11,17-18H,2-4,7-10,12H2,1H3. The molecule has 3 rings (SSSR count). The molecule has 21 heavy (non-hydrogen) atoms. The van der Waals surface area contributed by atoms with Gasteiger partial charge in [-0.2, -0.15) is 0 Å². The SMILES string of the molecule is CCC1(CNS(=O)(=O)c2ccc3c(c2)NCC3)CCCC1. The number of nitrogens with one attached hydrogen (secondary N) is 2. The first-order valence-electron chi connectivity index (χ1n) is 7.91. The summed E-state index contributed by atoms with van der Waals surface area (Å²) >= 11 is 0. The van der Waals surface area contributed by atoms with E-state index < -0.39 is 10.0 Å². The number of rotatable bonds is 5. The van der Waals surface area contributed by atoms with Crippen LogP contribution < -0.4 is 10.0 Å². The van der Waals surface area contributed by atoms with Gasteiger partial charge in [0.25, 0.3) is 0 Å². The third kappa shape index (κ3) is 2.94. The highest BCUT2D eigenvalue weighted by atomic mass is 32.2. The van der Waals surface area contributed by atoms with Crippen molar-refractivity contribution in [2.45, 2.75) is 50.3 Å². The van der Waals surface area contributed by atoms with Crippen LogP contribution in [0.5, 0.6) is 0 Å². The molecule has 1 aromatic carbocycles. The Morgan fingerprint density at radius 1 is 1.29 bits per heavy atom. The summed E-state index contributed by atoms with van der Waals surface area (Å²) in [6, 6.07) is 5.41. The average Bonchev–Trinajstić information content (AvgIpc) is 3.14. The second-order valence-corrected chi connectivity index (χ2v) is 8.15. The van der Waals surface area contributed by atoms with Crippen molar-refractivity contribution in [1.29, 1.82) is 0 Å². The number of benzene rings is 1. The van der Waals surface area contributed by atoms with E-state index in [1.165, 1.54) is 18.4 Å². The lowest BCUT2D eigenvalue weighted by Crippen LogP contribution is -2.35. The topological polar surface area (TPSA) is 58.2 Å². The van der Waals surface area contributed by atoms with Gasteiger partial charge in [-0.1, -0.05) is 25.8 Å². The summed E-state index contributed by atoms with van der Waals surface area (Å²) in [5.74, 6) is 0. The van der Waals surface area contributed by atoms with Gasteiger partial charge >= 0.3 is 0 Å². The van der Waals surface area contributed by atoms with Crippen LogP contribution in [0.2, 0.25) is 0 Å². The minimum Gasteiger partial charge on any atom is -0.384 e. The van der Waals surface area contributed by atoms with Gasteiger partial charge in [0.2, 0.25) is 10.0 Å². The van der Waals surface area contributed by atoms with E-state index in [0.717, 1.165) is 37.9 Å². The molecule has 0 unspecified atom stereocenters. The van der Waals surface area contributed by atoms with E-state index in [0.29, 0.717) is 11.4 Å². The van der Waals surface area contributed by atoms with Crippen molar-refractivity contribution >= 4 is 15.7 Å². The Labute approximate surface area is 127 Å². The van der Waals surface area contributed by atoms with Crippen molar-refractivity contribution in [2.75, 3.05) is 18.4 Å². The fourth-order valence-corrected chi connectivity index (χ4v) is 4.73. The van der Waals surface area contributed by atoms with E-state index in [-0.39, 0.29) is 5.41 Å². The zero-order valence-corrected chi connectivity index (χ0v) is 13.4. The summed E-state index contributed by atoms with van der Waals surface area (Å²) in [5.41, 5.74) is 2.33. The summed E-state index contributed by atoms with van der Waals surface area (Å²) in [5, 5.41) is 3.24. The highest BCUT2D eigenvalue weighted by Crippen LogP contribution is 2.40. The van der Waals surface area contributed by atoms with Crippen molar-refractivity contribution in [3.63, 3.8) is 0 Å². The molecule has 0 radical (unpaired) electrons. The third-order valence-electron chi connectivity index (χ3n) is 5.15. The molecule has 1 aromatic rings. The van der Waals surface area contributed by atoms with Crippen LogP contribution in [0.15, 0.2) is 23.1 Å². The molecule has 1 heterocycles. The molecule has 0 saturated heterocycles. The Bertz CT molecular complexity index is 619. The molecule has 1 aliphatic heterocycles. The first kappa shape index (κ1) is 14.9. The summed E-state index contributed by atoms with van der Waals surface area (Å²) in [4.78, 5) is 0.375. The van der Waals surface area contributed by atoms with Crippen LogP contribution in [0.3, 0.4) is 0 Å². The van der Waals surface area contributed by atoms with Gasteiger partial charge < -0.3 is 5.32 Å². The van der Waals surface area contributed by atoms with Crippen LogP contribution in [0.25, 0.3) is 0 Å². The van der Waals surface area contributed by atoms with Gasteiger partial charge in [-0.3, -0.25) is 0 Å². The van der Waals surface area contributed by atoms with Crippen molar-refractivity contribution in [3.05, 3.63) is 23.8 Å². The molecule has 116 valence electrons. The summed E-state index contributed by atoms with van der Waals surface area (Å²) in [6.07, 6.45) is 6.73. The van der Waals surface area contributed by atoms with E-state index >= 15 is 0 Å². The molecule has 0 amide bonds. The minimum atomic E-state index is -3.41. The zero-order chi connectivity index (χ0) is 14.9. The van der Waals surface area contributed by atoms with Crippen molar-refractivity contribution in [2.24, 2.45) is 5.41 Å². The predicted octanol–water partition coefficient (Wildman–Crippen LogP) is 2.90. The molecule has 0 aromatic heterocycles. The van der Waals surface area contributed by atoms with Crippen LogP contribution in [-0.4, -0.2) is 21.5 Å². The molecule has 0 spiro atoms. The Balaban J connectivity index is 1.75. The van der Waals surface area contributed by atoms with E-state index in [4.69, 9.17) is 0 Å². The molecular formula is C16H24N2O2S. The van der Waals surface area contributed by atoms with Crippen LogP contribution in [-0.2, 0) is 16.4 Å². The number of sulfonamides is 1. The lowest BCUT2D eigenvalue weighted by Gasteiger charge is -2.27. The van der Waals surface area contributed by atoms with E-state index in [1.807, 2.05) is 6.07 Å². The molecular weight excluding hydrogens is 284 g/mol. The summed E-state index contributed by atoms with van der Waals surface area (Å²) in [7, 11) is -3.41. The minimum absolute atomic E-state index is 0.169. The van der Waals surface area contributed by atoms with E-state index in [2.05, 4.69) is 17.0 Å². The normalized spacial score (nSPS) is 20.2. The first-order valence-corrected chi connectivity index (χ1v) is 9.39. The Hall–Kier alpha value is -1.07. The number of hydrogen-bond donors (Lipinski definition) is 2. The summed E-state index contributed by atoms with van der Waals surface area (Å²) in [6.45, 7) is 3.63. The first-order chi connectivity index (χ1) is 10.0.